The van der Waals surface area contributed by atoms with Crippen molar-refractivity contribution in [1.29, 1.82) is 0 Å². The second-order valence-corrected chi connectivity index (χ2v) is 9.64. The van der Waals surface area contributed by atoms with Crippen molar-refractivity contribution in [3.8, 4) is 0 Å². The maximum atomic E-state index is 12.6. The van der Waals surface area contributed by atoms with Crippen LogP contribution in [0.5, 0.6) is 0 Å². The molecule has 1 amide bonds. The Bertz CT molecular complexity index is 1950. The van der Waals surface area contributed by atoms with Crippen LogP contribution < -0.4 is 22.2 Å². The molecule has 5 heterocycles. The lowest BCUT2D eigenvalue weighted by atomic mass is 10.1. The van der Waals surface area contributed by atoms with Crippen molar-refractivity contribution in [2.75, 3.05) is 17.7 Å². The van der Waals surface area contributed by atoms with E-state index in [0.29, 0.717) is 11.3 Å². The Morgan fingerprint density at radius 1 is 1.02 bits per heavy atom. The van der Waals surface area contributed by atoms with Crippen LogP contribution in [0.25, 0.3) is 22.3 Å². The van der Waals surface area contributed by atoms with Crippen LogP contribution in [-0.4, -0.2) is 86.0 Å². The summed E-state index contributed by atoms with van der Waals surface area (Å²) in [6, 6.07) is 5.94. The van der Waals surface area contributed by atoms with Gasteiger partial charge in [-0.1, -0.05) is 0 Å². The Labute approximate surface area is 239 Å². The van der Waals surface area contributed by atoms with Gasteiger partial charge >= 0.3 is 5.97 Å². The Morgan fingerprint density at radius 2 is 1.77 bits per heavy atom. The van der Waals surface area contributed by atoms with Gasteiger partial charge in [-0.25, -0.2) is 19.7 Å². The van der Waals surface area contributed by atoms with Gasteiger partial charge in [0.1, 0.15) is 24.9 Å². The van der Waals surface area contributed by atoms with E-state index in [1.54, 1.807) is 4.57 Å². The molecule has 4 atom stereocenters. The monoisotopic (exact) mass is 592 g/mol. The first-order chi connectivity index (χ1) is 20.7. The van der Waals surface area contributed by atoms with Crippen LogP contribution in [0.15, 0.2) is 52.8 Å². The molecule has 0 bridgehead atoms. The van der Waals surface area contributed by atoms with Crippen molar-refractivity contribution in [2.24, 2.45) is 0 Å². The van der Waals surface area contributed by atoms with Gasteiger partial charge in [0.05, 0.1) is 24.5 Å². The lowest BCUT2D eigenvalue weighted by Gasteiger charge is -2.16. The standard InChI is InChI=1S/C25H24N10O8/c26-25-32-20-16(22(40)33-25)30-10-35(20)23-18(38)17(37)13(43-23)7-42-24(41)11-1-3-12(4-2-11)31-14(36)5-6-34-9-29-15-19(34)27-8-28-21(15)39/h1-4,8-10,13,17-18,23,37-38H,5-7H2,(H,31,36)(H,27,28,39)(H3,26,32,33,40)/t13-,17-,18-,23-/m1/s1. The molecule has 6 rings (SSSR count). The summed E-state index contributed by atoms with van der Waals surface area (Å²) in [6.07, 6.45) is -1.14. The van der Waals surface area contributed by atoms with Gasteiger partial charge in [-0.05, 0) is 24.3 Å². The van der Waals surface area contributed by atoms with Gasteiger partial charge in [0, 0.05) is 18.7 Å². The number of aryl methyl sites for hydroxylation is 1. The van der Waals surface area contributed by atoms with Crippen molar-refractivity contribution < 1.29 is 29.3 Å². The molecule has 1 saturated heterocycles. The Morgan fingerprint density at radius 3 is 2.56 bits per heavy atom. The maximum Gasteiger partial charge on any atom is 0.338 e. The lowest BCUT2D eigenvalue weighted by Crippen LogP contribution is -2.34. The van der Waals surface area contributed by atoms with Crippen LogP contribution in [0.4, 0.5) is 11.6 Å². The fraction of sp³-hybridized carbons (Fsp3) is 0.280. The third-order valence-electron chi connectivity index (χ3n) is 6.83. The molecular formula is C25H24N10O8. The van der Waals surface area contributed by atoms with Gasteiger partial charge in [-0.15, -0.1) is 0 Å². The zero-order chi connectivity index (χ0) is 30.2. The van der Waals surface area contributed by atoms with Gasteiger partial charge in [-0.2, -0.15) is 4.98 Å². The van der Waals surface area contributed by atoms with Gasteiger partial charge in [-0.3, -0.25) is 23.9 Å². The van der Waals surface area contributed by atoms with Gasteiger partial charge in [0.2, 0.25) is 11.9 Å². The minimum Gasteiger partial charge on any atom is -0.459 e. The van der Waals surface area contributed by atoms with Gasteiger partial charge in [0.15, 0.2) is 28.6 Å². The highest BCUT2D eigenvalue weighted by molar-refractivity contribution is 5.93. The fourth-order valence-corrected chi connectivity index (χ4v) is 4.66. The van der Waals surface area contributed by atoms with Crippen LogP contribution in [0.3, 0.4) is 0 Å². The number of amides is 1. The highest BCUT2D eigenvalue weighted by Crippen LogP contribution is 2.31. The summed E-state index contributed by atoms with van der Waals surface area (Å²) < 4.78 is 13.9. The molecule has 5 aromatic rings. The number of rotatable bonds is 8. The quantitative estimate of drug-likeness (QED) is 0.114. The summed E-state index contributed by atoms with van der Waals surface area (Å²) in [4.78, 5) is 69.7. The van der Waals surface area contributed by atoms with Crippen molar-refractivity contribution >= 4 is 45.8 Å². The minimum absolute atomic E-state index is 0.0316. The molecule has 18 heteroatoms. The van der Waals surface area contributed by atoms with E-state index in [2.05, 4.69) is 35.2 Å². The number of aliphatic hydroxyl groups excluding tert-OH is 2. The topological polar surface area (TPSA) is 258 Å². The number of hydrogen-bond acceptors (Lipinski definition) is 13. The van der Waals surface area contributed by atoms with E-state index in [-0.39, 0.29) is 52.6 Å². The second-order valence-electron chi connectivity index (χ2n) is 9.64. The summed E-state index contributed by atoms with van der Waals surface area (Å²) in [7, 11) is 0. The molecule has 222 valence electrons. The molecule has 0 spiro atoms. The molecule has 0 radical (unpaired) electrons. The summed E-state index contributed by atoms with van der Waals surface area (Å²) in [5.41, 5.74) is 5.84. The van der Waals surface area contributed by atoms with Crippen LogP contribution >= 0.6 is 0 Å². The number of ether oxygens (including phenoxy) is 2. The number of hydrogen-bond donors (Lipinski definition) is 6. The summed E-state index contributed by atoms with van der Waals surface area (Å²) in [6.45, 7) is -0.147. The van der Waals surface area contributed by atoms with E-state index in [1.807, 2.05) is 0 Å². The van der Waals surface area contributed by atoms with Crippen molar-refractivity contribution in [2.45, 2.75) is 37.5 Å². The van der Waals surface area contributed by atoms with Crippen LogP contribution in [0.1, 0.15) is 23.0 Å². The largest absolute Gasteiger partial charge is 0.459 e. The predicted molar refractivity (Wildman–Crippen MR) is 147 cm³/mol. The molecule has 1 aliphatic heterocycles. The van der Waals surface area contributed by atoms with Crippen LogP contribution in [0, 0.1) is 0 Å². The number of fused-ring (bicyclic) bond motifs is 2. The fourth-order valence-electron chi connectivity index (χ4n) is 4.66. The molecule has 4 aromatic heterocycles. The average molecular weight is 593 g/mol. The molecule has 7 N–H and O–H groups in total. The number of nitrogen functional groups attached to an aromatic ring is 1. The molecule has 1 aliphatic rings. The number of carbonyl (C=O) groups excluding carboxylic acids is 2. The van der Waals surface area contributed by atoms with Crippen LogP contribution in [-0.2, 0) is 20.8 Å². The molecule has 1 fully saturated rings. The molecule has 0 unspecified atom stereocenters. The molecule has 18 nitrogen and oxygen atoms in total. The number of nitrogens with zero attached hydrogens (tertiary/aromatic N) is 6. The number of nitrogens with one attached hydrogen (secondary N) is 3. The number of nitrogens with two attached hydrogens (primary N) is 1. The van der Waals surface area contributed by atoms with E-state index in [4.69, 9.17) is 15.2 Å². The number of esters is 1. The molecule has 0 aliphatic carbocycles. The predicted octanol–water partition coefficient (Wildman–Crippen LogP) is -1.36. The molecule has 43 heavy (non-hydrogen) atoms. The lowest BCUT2D eigenvalue weighted by molar-refractivity contribution is -0.116. The first kappa shape index (κ1) is 27.7. The number of anilines is 2. The number of carbonyl (C=O) groups is 2. The summed E-state index contributed by atoms with van der Waals surface area (Å²) >= 11 is 0. The molecular weight excluding hydrogens is 568 g/mol. The van der Waals surface area contributed by atoms with Gasteiger partial charge < -0.3 is 40.3 Å². The maximum absolute atomic E-state index is 12.6. The molecule has 1 aromatic carbocycles. The van der Waals surface area contributed by atoms with Crippen molar-refractivity contribution in [3.05, 3.63) is 69.5 Å². The number of aromatic amines is 2. The SMILES string of the molecule is Nc1nc2c(ncn2[C@@H]2O[C@H](COC(=O)c3ccc(NC(=O)CCn4cnc5c(=O)[nH]cnc54)cc3)[C@@H](O)[C@H]2O)c(=O)[nH]1. The zero-order valence-electron chi connectivity index (χ0n) is 22.1. The van der Waals surface area contributed by atoms with Crippen molar-refractivity contribution in [1.82, 2.24) is 39.0 Å². The number of benzene rings is 1. The van der Waals surface area contributed by atoms with Gasteiger partial charge in [0.25, 0.3) is 11.1 Å². The third-order valence-corrected chi connectivity index (χ3v) is 6.83. The average Bonchev–Trinajstić information content (AvgIpc) is 3.68. The second kappa shape index (κ2) is 11.1. The van der Waals surface area contributed by atoms with E-state index in [0.717, 1.165) is 0 Å². The number of imidazole rings is 2. The zero-order valence-corrected chi connectivity index (χ0v) is 22.1. The Kier molecular flexibility index (Phi) is 7.14. The Balaban J connectivity index is 1.02. The summed E-state index contributed by atoms with van der Waals surface area (Å²) in [5.74, 6) is -1.20. The minimum atomic E-state index is -1.45. The normalized spacial score (nSPS) is 20.0. The number of H-pyrrole nitrogens is 2. The van der Waals surface area contributed by atoms with Crippen LogP contribution in [0.2, 0.25) is 0 Å². The summed E-state index contributed by atoms with van der Waals surface area (Å²) in [5, 5.41) is 23.8. The molecule has 0 saturated carbocycles. The number of aromatic nitrogens is 8. The Hall–Kier alpha value is -5.46. The first-order valence-corrected chi connectivity index (χ1v) is 12.9. The highest BCUT2D eigenvalue weighted by atomic mass is 16.6. The van der Waals surface area contributed by atoms with E-state index in [1.165, 1.54) is 47.8 Å². The number of aliphatic hydroxyl groups is 2. The van der Waals surface area contributed by atoms with E-state index < -0.39 is 42.7 Å². The van der Waals surface area contributed by atoms with Crippen molar-refractivity contribution in [3.63, 3.8) is 0 Å². The van der Waals surface area contributed by atoms with E-state index >= 15 is 0 Å². The highest BCUT2D eigenvalue weighted by Gasteiger charge is 2.45. The van der Waals surface area contributed by atoms with E-state index in [9.17, 15) is 29.4 Å². The third kappa shape index (κ3) is 5.32. The smallest absolute Gasteiger partial charge is 0.338 e. The first-order valence-electron chi connectivity index (χ1n) is 12.9.